The minimum Gasteiger partial charge on any atom is -0.354 e. The number of para-hydroxylation sites is 1. The Labute approximate surface area is 181 Å². The number of nitrogens with one attached hydrogen (secondary N) is 3. The van der Waals surface area contributed by atoms with Crippen LogP contribution in [0.15, 0.2) is 66.9 Å². The van der Waals surface area contributed by atoms with E-state index in [2.05, 4.69) is 20.6 Å². The number of amides is 2. The molecule has 0 saturated carbocycles. The first kappa shape index (κ1) is 20.6. The summed E-state index contributed by atoms with van der Waals surface area (Å²) in [4.78, 5) is 33.2. The maximum atomic E-state index is 12.9. The molecule has 0 radical (unpaired) electrons. The highest BCUT2D eigenvalue weighted by Gasteiger charge is 2.25. The van der Waals surface area contributed by atoms with Crippen molar-refractivity contribution in [1.29, 1.82) is 0 Å². The van der Waals surface area contributed by atoms with Crippen molar-refractivity contribution in [2.24, 2.45) is 5.92 Å². The molecule has 6 nitrogen and oxygen atoms in total. The number of fused-ring (bicyclic) bond motifs is 3. The number of pyridine rings is 1. The monoisotopic (exact) mass is 414 g/mol. The largest absolute Gasteiger partial charge is 0.354 e. The zero-order chi connectivity index (χ0) is 21.8. The molecule has 4 aromatic rings. The fourth-order valence-electron chi connectivity index (χ4n) is 3.71. The number of aromatic amines is 1. The van der Waals surface area contributed by atoms with Gasteiger partial charge in [-0.25, -0.2) is 4.98 Å². The maximum absolute atomic E-state index is 12.9. The molecule has 2 aromatic heterocycles. The van der Waals surface area contributed by atoms with Crippen molar-refractivity contribution in [2.75, 3.05) is 6.54 Å². The summed E-state index contributed by atoms with van der Waals surface area (Å²) in [5, 5.41) is 7.77. The van der Waals surface area contributed by atoms with Crippen LogP contribution in [0.1, 0.15) is 29.9 Å². The highest BCUT2D eigenvalue weighted by atomic mass is 16.2. The summed E-state index contributed by atoms with van der Waals surface area (Å²) in [5.74, 6) is -0.603. The van der Waals surface area contributed by atoms with E-state index in [0.29, 0.717) is 12.2 Å². The number of rotatable bonds is 7. The third-order valence-electron chi connectivity index (χ3n) is 5.41. The first-order chi connectivity index (χ1) is 15.0. The van der Waals surface area contributed by atoms with Crippen LogP contribution in [0.25, 0.3) is 21.8 Å². The van der Waals surface area contributed by atoms with Gasteiger partial charge in [0.1, 0.15) is 11.7 Å². The van der Waals surface area contributed by atoms with Gasteiger partial charge >= 0.3 is 0 Å². The van der Waals surface area contributed by atoms with E-state index in [-0.39, 0.29) is 17.7 Å². The Morgan fingerprint density at radius 3 is 2.48 bits per heavy atom. The summed E-state index contributed by atoms with van der Waals surface area (Å²) >= 11 is 0. The summed E-state index contributed by atoms with van der Waals surface area (Å²) in [6.45, 7) is 4.34. The SMILES string of the molecule is CC(C)C(NC(=O)c1cc2c(cn1)[nH]c1ccccc12)C(=O)NCCc1ccccc1. The number of hydrogen-bond acceptors (Lipinski definition) is 3. The van der Waals surface area contributed by atoms with E-state index in [9.17, 15) is 9.59 Å². The molecule has 3 N–H and O–H groups in total. The average Bonchev–Trinajstić information content (AvgIpc) is 3.15. The number of carbonyl (C=O) groups is 2. The second-order valence-electron chi connectivity index (χ2n) is 8.01. The van der Waals surface area contributed by atoms with Crippen molar-refractivity contribution in [3.63, 3.8) is 0 Å². The van der Waals surface area contributed by atoms with Crippen molar-refractivity contribution in [3.8, 4) is 0 Å². The Hall–Kier alpha value is -3.67. The molecule has 1 atom stereocenters. The van der Waals surface area contributed by atoms with Crippen LogP contribution in [0, 0.1) is 5.92 Å². The average molecular weight is 415 g/mol. The van der Waals surface area contributed by atoms with Gasteiger partial charge in [0.05, 0.1) is 11.7 Å². The van der Waals surface area contributed by atoms with Crippen LogP contribution in [-0.2, 0) is 11.2 Å². The van der Waals surface area contributed by atoms with Crippen LogP contribution in [-0.4, -0.2) is 34.4 Å². The first-order valence-electron chi connectivity index (χ1n) is 10.5. The van der Waals surface area contributed by atoms with E-state index in [1.54, 1.807) is 12.3 Å². The summed E-state index contributed by atoms with van der Waals surface area (Å²) in [6.07, 6.45) is 2.40. The molecule has 1 unspecified atom stereocenters. The lowest BCUT2D eigenvalue weighted by Gasteiger charge is -2.21. The van der Waals surface area contributed by atoms with Crippen molar-refractivity contribution >= 4 is 33.6 Å². The number of H-pyrrole nitrogens is 1. The molecule has 0 saturated heterocycles. The van der Waals surface area contributed by atoms with E-state index >= 15 is 0 Å². The van der Waals surface area contributed by atoms with Crippen molar-refractivity contribution < 1.29 is 9.59 Å². The lowest BCUT2D eigenvalue weighted by atomic mass is 10.0. The van der Waals surface area contributed by atoms with Gasteiger partial charge in [-0.3, -0.25) is 9.59 Å². The summed E-state index contributed by atoms with van der Waals surface area (Å²) in [7, 11) is 0. The van der Waals surface area contributed by atoms with Crippen LogP contribution < -0.4 is 10.6 Å². The second kappa shape index (κ2) is 9.00. The predicted molar refractivity (Wildman–Crippen MR) is 123 cm³/mol. The minimum absolute atomic E-state index is 0.0579. The Bertz CT molecular complexity index is 1210. The van der Waals surface area contributed by atoms with Gasteiger partial charge in [0.25, 0.3) is 5.91 Å². The van der Waals surface area contributed by atoms with Crippen LogP contribution in [0.2, 0.25) is 0 Å². The molecule has 158 valence electrons. The van der Waals surface area contributed by atoms with E-state index in [1.165, 1.54) is 0 Å². The number of aromatic nitrogens is 2. The molecule has 0 bridgehead atoms. The highest BCUT2D eigenvalue weighted by Crippen LogP contribution is 2.25. The van der Waals surface area contributed by atoms with E-state index in [1.807, 2.05) is 68.4 Å². The van der Waals surface area contributed by atoms with Gasteiger partial charge in [0, 0.05) is 22.8 Å². The standard InChI is InChI=1S/C25H26N4O2/c1-16(2)23(25(31)26-13-12-17-8-4-3-5-9-17)29-24(30)21-14-19-18-10-6-7-11-20(18)28-22(19)15-27-21/h3-11,14-16,23,28H,12-13H2,1-2H3,(H,26,31)(H,29,30). The third kappa shape index (κ3) is 4.58. The Morgan fingerprint density at radius 1 is 0.968 bits per heavy atom. The first-order valence-corrected chi connectivity index (χ1v) is 10.5. The minimum atomic E-state index is -0.635. The Morgan fingerprint density at radius 2 is 1.71 bits per heavy atom. The van der Waals surface area contributed by atoms with Gasteiger partial charge in [-0.15, -0.1) is 0 Å². The molecular weight excluding hydrogens is 388 g/mol. The van der Waals surface area contributed by atoms with Gasteiger partial charge in [-0.2, -0.15) is 0 Å². The molecule has 0 aliphatic rings. The summed E-state index contributed by atoms with van der Waals surface area (Å²) < 4.78 is 0. The summed E-state index contributed by atoms with van der Waals surface area (Å²) in [6, 6.07) is 19.0. The fourth-order valence-corrected chi connectivity index (χ4v) is 3.71. The highest BCUT2D eigenvalue weighted by molar-refractivity contribution is 6.09. The molecule has 2 amide bonds. The van der Waals surface area contributed by atoms with Gasteiger partial charge < -0.3 is 15.6 Å². The van der Waals surface area contributed by atoms with Crippen molar-refractivity contribution in [3.05, 3.63) is 78.1 Å². The molecule has 6 heteroatoms. The van der Waals surface area contributed by atoms with E-state index < -0.39 is 6.04 Å². The van der Waals surface area contributed by atoms with Crippen molar-refractivity contribution in [2.45, 2.75) is 26.3 Å². The summed E-state index contributed by atoms with van der Waals surface area (Å²) in [5.41, 5.74) is 3.32. The van der Waals surface area contributed by atoms with Crippen LogP contribution in [0.3, 0.4) is 0 Å². The smallest absolute Gasteiger partial charge is 0.270 e. The molecule has 0 spiro atoms. The molecule has 0 fully saturated rings. The molecule has 2 aromatic carbocycles. The lowest BCUT2D eigenvalue weighted by Crippen LogP contribution is -2.50. The van der Waals surface area contributed by atoms with Crippen LogP contribution >= 0.6 is 0 Å². The zero-order valence-corrected chi connectivity index (χ0v) is 17.7. The van der Waals surface area contributed by atoms with E-state index in [0.717, 1.165) is 33.8 Å². The molecule has 4 rings (SSSR count). The van der Waals surface area contributed by atoms with E-state index in [4.69, 9.17) is 0 Å². The molecular formula is C25H26N4O2. The molecule has 2 heterocycles. The van der Waals surface area contributed by atoms with Gasteiger partial charge in [0.15, 0.2) is 0 Å². The molecule has 31 heavy (non-hydrogen) atoms. The molecule has 0 aliphatic heterocycles. The predicted octanol–water partition coefficient (Wildman–Crippen LogP) is 3.83. The van der Waals surface area contributed by atoms with Gasteiger partial charge in [-0.05, 0) is 30.0 Å². The normalized spacial score (nSPS) is 12.2. The quantitative estimate of drug-likeness (QED) is 0.430. The number of carbonyl (C=O) groups excluding carboxylic acids is 2. The Kier molecular flexibility index (Phi) is 5.98. The topological polar surface area (TPSA) is 86.9 Å². The Balaban J connectivity index is 1.45. The third-order valence-corrected chi connectivity index (χ3v) is 5.41. The van der Waals surface area contributed by atoms with Crippen LogP contribution in [0.5, 0.6) is 0 Å². The van der Waals surface area contributed by atoms with Crippen molar-refractivity contribution in [1.82, 2.24) is 20.6 Å². The zero-order valence-electron chi connectivity index (χ0n) is 17.7. The van der Waals surface area contributed by atoms with Gasteiger partial charge in [0.2, 0.25) is 5.91 Å². The maximum Gasteiger partial charge on any atom is 0.270 e. The molecule has 0 aliphatic carbocycles. The second-order valence-corrected chi connectivity index (χ2v) is 8.01. The fraction of sp³-hybridized carbons (Fsp3) is 0.240. The number of hydrogen-bond donors (Lipinski definition) is 3. The lowest BCUT2D eigenvalue weighted by molar-refractivity contribution is -0.123. The van der Waals surface area contributed by atoms with Crippen LogP contribution in [0.4, 0.5) is 0 Å². The van der Waals surface area contributed by atoms with Gasteiger partial charge in [-0.1, -0.05) is 62.4 Å². The number of nitrogens with zero attached hydrogens (tertiary/aromatic N) is 1. The number of benzene rings is 2.